The van der Waals surface area contributed by atoms with Crippen LogP contribution in [0.3, 0.4) is 0 Å². The quantitative estimate of drug-likeness (QED) is 0.685. The minimum absolute atomic E-state index is 0.0892. The predicted molar refractivity (Wildman–Crippen MR) is 69.2 cm³/mol. The van der Waals surface area contributed by atoms with Gasteiger partial charge in [-0.3, -0.25) is 0 Å². The van der Waals surface area contributed by atoms with E-state index in [0.29, 0.717) is 19.6 Å². The lowest BCUT2D eigenvalue weighted by Gasteiger charge is -2.37. The molecule has 0 aromatic heterocycles. The highest BCUT2D eigenvalue weighted by Crippen LogP contribution is 2.21. The lowest BCUT2D eigenvalue weighted by Crippen LogP contribution is -2.61. The molecule has 2 aliphatic rings. The van der Waals surface area contributed by atoms with Gasteiger partial charge in [0, 0.05) is 25.7 Å². The van der Waals surface area contributed by atoms with Crippen molar-refractivity contribution in [2.24, 2.45) is 0 Å². The summed E-state index contributed by atoms with van der Waals surface area (Å²) < 4.78 is 23.3. The summed E-state index contributed by atoms with van der Waals surface area (Å²) in [7, 11) is -3.00. The first-order valence-electron chi connectivity index (χ1n) is 6.52. The number of hydrogen-bond acceptors (Lipinski definition) is 4. The standard InChI is InChI=1S/C11H21N3O3S/c1-2-3-4-13-11(15)14-6-5-12-9-7-18(16,17)8-10(9)14/h9-10,12H,2-8H2,1H3,(H,13,15)/t9-,10+/m1/s1. The molecular formula is C11H21N3O3S. The van der Waals surface area contributed by atoms with Crippen molar-refractivity contribution in [3.05, 3.63) is 0 Å². The highest BCUT2D eigenvalue weighted by Gasteiger charge is 2.44. The zero-order chi connectivity index (χ0) is 13.2. The van der Waals surface area contributed by atoms with Gasteiger partial charge in [0.05, 0.1) is 17.5 Å². The van der Waals surface area contributed by atoms with Crippen LogP contribution in [0.15, 0.2) is 0 Å². The summed E-state index contributed by atoms with van der Waals surface area (Å²) in [5.74, 6) is 0.238. The number of nitrogens with one attached hydrogen (secondary N) is 2. The molecule has 7 heteroatoms. The maximum absolute atomic E-state index is 12.0. The first-order chi connectivity index (χ1) is 8.53. The molecule has 0 aliphatic carbocycles. The zero-order valence-electron chi connectivity index (χ0n) is 10.7. The molecule has 2 N–H and O–H groups in total. The molecule has 2 amide bonds. The van der Waals surface area contributed by atoms with Crippen molar-refractivity contribution >= 4 is 15.9 Å². The van der Waals surface area contributed by atoms with Gasteiger partial charge in [-0.1, -0.05) is 13.3 Å². The van der Waals surface area contributed by atoms with Gasteiger partial charge in [0.2, 0.25) is 0 Å². The Morgan fingerprint density at radius 3 is 2.94 bits per heavy atom. The molecule has 2 heterocycles. The van der Waals surface area contributed by atoms with Crippen LogP contribution in [0.25, 0.3) is 0 Å². The van der Waals surface area contributed by atoms with E-state index in [1.807, 2.05) is 0 Å². The molecule has 18 heavy (non-hydrogen) atoms. The fourth-order valence-corrected chi connectivity index (χ4v) is 4.55. The van der Waals surface area contributed by atoms with Crippen molar-refractivity contribution in [1.82, 2.24) is 15.5 Å². The predicted octanol–water partition coefficient (Wildman–Crippen LogP) is -0.433. The molecule has 6 nitrogen and oxygen atoms in total. The van der Waals surface area contributed by atoms with Crippen LogP contribution in [0.1, 0.15) is 19.8 Å². The molecule has 0 aromatic carbocycles. The maximum Gasteiger partial charge on any atom is 0.317 e. The molecule has 0 saturated carbocycles. The minimum Gasteiger partial charge on any atom is -0.338 e. The molecule has 2 aliphatic heterocycles. The van der Waals surface area contributed by atoms with Crippen LogP contribution in [-0.2, 0) is 9.84 Å². The molecule has 0 bridgehead atoms. The summed E-state index contributed by atoms with van der Waals surface area (Å²) in [6.45, 7) is 3.96. The summed E-state index contributed by atoms with van der Waals surface area (Å²) in [6, 6.07) is -0.428. The van der Waals surface area contributed by atoms with E-state index in [9.17, 15) is 13.2 Å². The Bertz CT molecular complexity index is 410. The van der Waals surface area contributed by atoms with Crippen molar-refractivity contribution in [1.29, 1.82) is 0 Å². The third-order valence-corrected chi connectivity index (χ3v) is 5.27. The van der Waals surface area contributed by atoms with Crippen molar-refractivity contribution in [3.63, 3.8) is 0 Å². The van der Waals surface area contributed by atoms with Gasteiger partial charge >= 0.3 is 6.03 Å². The van der Waals surface area contributed by atoms with Gasteiger partial charge in [0.1, 0.15) is 0 Å². The lowest BCUT2D eigenvalue weighted by molar-refractivity contribution is 0.151. The first kappa shape index (κ1) is 13.6. The molecule has 0 spiro atoms. The summed E-state index contributed by atoms with van der Waals surface area (Å²) in [5.41, 5.74) is 0. The molecule has 0 aromatic rings. The van der Waals surface area contributed by atoms with Crippen LogP contribution in [0.2, 0.25) is 0 Å². The van der Waals surface area contributed by atoms with E-state index < -0.39 is 9.84 Å². The van der Waals surface area contributed by atoms with Gasteiger partial charge in [0.15, 0.2) is 9.84 Å². The smallest absolute Gasteiger partial charge is 0.317 e. The number of urea groups is 1. The Hall–Kier alpha value is -0.820. The van der Waals surface area contributed by atoms with E-state index in [1.165, 1.54) is 0 Å². The fraction of sp³-hybridized carbons (Fsp3) is 0.909. The summed E-state index contributed by atoms with van der Waals surface area (Å²) in [5, 5.41) is 6.05. The van der Waals surface area contributed by atoms with Gasteiger partial charge in [-0.25, -0.2) is 13.2 Å². The Labute approximate surface area is 108 Å². The van der Waals surface area contributed by atoms with Gasteiger partial charge in [-0.2, -0.15) is 0 Å². The second-order valence-corrected chi connectivity index (χ2v) is 7.14. The Morgan fingerprint density at radius 2 is 2.22 bits per heavy atom. The molecule has 2 saturated heterocycles. The number of carbonyl (C=O) groups is 1. The normalized spacial score (nSPS) is 29.9. The van der Waals surface area contributed by atoms with E-state index in [0.717, 1.165) is 12.8 Å². The highest BCUT2D eigenvalue weighted by atomic mass is 32.2. The van der Waals surface area contributed by atoms with E-state index in [2.05, 4.69) is 17.6 Å². The molecule has 0 radical (unpaired) electrons. The van der Waals surface area contributed by atoms with Gasteiger partial charge < -0.3 is 15.5 Å². The third kappa shape index (κ3) is 2.95. The number of hydrogen-bond donors (Lipinski definition) is 2. The summed E-state index contributed by atoms with van der Waals surface area (Å²) >= 11 is 0. The van der Waals surface area contributed by atoms with Crippen LogP contribution in [0.4, 0.5) is 4.79 Å². The highest BCUT2D eigenvalue weighted by molar-refractivity contribution is 7.91. The monoisotopic (exact) mass is 275 g/mol. The van der Waals surface area contributed by atoms with Crippen molar-refractivity contribution in [2.75, 3.05) is 31.1 Å². The summed E-state index contributed by atoms with van der Waals surface area (Å²) in [4.78, 5) is 13.7. The van der Waals surface area contributed by atoms with E-state index in [4.69, 9.17) is 0 Å². The second-order valence-electron chi connectivity index (χ2n) is 4.98. The molecule has 2 rings (SSSR count). The average molecular weight is 275 g/mol. The van der Waals surface area contributed by atoms with E-state index in [-0.39, 0.29) is 29.6 Å². The Kier molecular flexibility index (Phi) is 4.11. The van der Waals surface area contributed by atoms with Crippen LogP contribution in [-0.4, -0.2) is 62.6 Å². The SMILES string of the molecule is CCCCNC(=O)N1CCN[C@@H]2CS(=O)(=O)C[C@@H]21. The van der Waals surface area contributed by atoms with E-state index in [1.54, 1.807) is 4.90 Å². The maximum atomic E-state index is 12.0. The third-order valence-electron chi connectivity index (χ3n) is 3.55. The number of sulfone groups is 1. The Morgan fingerprint density at radius 1 is 1.44 bits per heavy atom. The van der Waals surface area contributed by atoms with Crippen molar-refractivity contribution < 1.29 is 13.2 Å². The van der Waals surface area contributed by atoms with E-state index >= 15 is 0 Å². The minimum atomic E-state index is -3.00. The van der Waals surface area contributed by atoms with Crippen molar-refractivity contribution in [3.8, 4) is 0 Å². The van der Waals surface area contributed by atoms with Crippen LogP contribution in [0, 0.1) is 0 Å². The number of rotatable bonds is 3. The lowest BCUT2D eigenvalue weighted by atomic mass is 10.1. The summed E-state index contributed by atoms with van der Waals surface area (Å²) in [6.07, 6.45) is 1.98. The topological polar surface area (TPSA) is 78.5 Å². The molecule has 104 valence electrons. The average Bonchev–Trinajstić information content (AvgIpc) is 2.62. The van der Waals surface area contributed by atoms with Crippen LogP contribution < -0.4 is 10.6 Å². The van der Waals surface area contributed by atoms with Gasteiger partial charge in [0.25, 0.3) is 0 Å². The number of piperazine rings is 1. The van der Waals surface area contributed by atoms with Crippen molar-refractivity contribution in [2.45, 2.75) is 31.8 Å². The molecular weight excluding hydrogens is 254 g/mol. The molecule has 2 atom stereocenters. The van der Waals surface area contributed by atoms with Crippen LogP contribution in [0.5, 0.6) is 0 Å². The first-order valence-corrected chi connectivity index (χ1v) is 8.34. The van der Waals surface area contributed by atoms with Crippen LogP contribution >= 0.6 is 0 Å². The number of unbranched alkanes of at least 4 members (excludes halogenated alkanes) is 1. The zero-order valence-corrected chi connectivity index (χ0v) is 11.5. The fourth-order valence-electron chi connectivity index (χ4n) is 2.59. The number of nitrogens with zero attached hydrogens (tertiary/aromatic N) is 1. The second kappa shape index (κ2) is 5.44. The number of fused-ring (bicyclic) bond motifs is 1. The Balaban J connectivity index is 1.97. The van der Waals surface area contributed by atoms with Gasteiger partial charge in [-0.05, 0) is 6.42 Å². The molecule has 0 unspecified atom stereocenters. The largest absolute Gasteiger partial charge is 0.338 e. The number of amides is 2. The van der Waals surface area contributed by atoms with Gasteiger partial charge in [-0.15, -0.1) is 0 Å². The molecule has 2 fully saturated rings. The number of carbonyl (C=O) groups excluding carboxylic acids is 1.